The van der Waals surface area contributed by atoms with Gasteiger partial charge in [-0.15, -0.1) is 0 Å². The van der Waals surface area contributed by atoms with Crippen LogP contribution in [0.3, 0.4) is 0 Å². The van der Waals surface area contributed by atoms with Crippen LogP contribution in [-0.4, -0.2) is 35.0 Å². The molecular weight excluding hydrogens is 316 g/mol. The Morgan fingerprint density at radius 3 is 2.48 bits per heavy atom. The summed E-state index contributed by atoms with van der Waals surface area (Å²) in [4.78, 5) is 11.9. The molecule has 0 aliphatic carbocycles. The van der Waals surface area contributed by atoms with E-state index in [4.69, 9.17) is 5.11 Å². The molecule has 0 bridgehead atoms. The van der Waals surface area contributed by atoms with Gasteiger partial charge >= 0.3 is 6.03 Å². The van der Waals surface area contributed by atoms with Gasteiger partial charge < -0.3 is 20.8 Å². The van der Waals surface area contributed by atoms with E-state index in [1.165, 1.54) is 5.56 Å². The highest BCUT2D eigenvalue weighted by Crippen LogP contribution is 2.22. The highest BCUT2D eigenvalue weighted by molar-refractivity contribution is 5.89. The molecule has 2 aromatic carbocycles. The predicted octanol–water partition coefficient (Wildman–Crippen LogP) is 3.31. The first-order valence-corrected chi connectivity index (χ1v) is 8.45. The number of nitrogens with one attached hydrogen (secondary N) is 2. The van der Waals surface area contributed by atoms with Gasteiger partial charge in [-0.3, -0.25) is 0 Å². The Morgan fingerprint density at radius 2 is 1.84 bits per heavy atom. The van der Waals surface area contributed by atoms with Crippen molar-refractivity contribution < 1.29 is 15.0 Å². The molecular formula is C20H26N2O3. The molecule has 2 amide bonds. The molecule has 0 aliphatic rings. The molecule has 0 heterocycles. The predicted molar refractivity (Wildman–Crippen MR) is 101 cm³/mol. The van der Waals surface area contributed by atoms with Crippen molar-refractivity contribution in [2.45, 2.75) is 32.3 Å². The zero-order valence-electron chi connectivity index (χ0n) is 14.7. The number of urea groups is 1. The molecule has 2 aromatic rings. The van der Waals surface area contributed by atoms with Crippen molar-refractivity contribution in [1.82, 2.24) is 5.32 Å². The number of anilines is 1. The monoisotopic (exact) mass is 342 g/mol. The van der Waals surface area contributed by atoms with Gasteiger partial charge in [0.1, 0.15) is 0 Å². The lowest BCUT2D eigenvalue weighted by molar-refractivity contribution is 0.0464. The van der Waals surface area contributed by atoms with Gasteiger partial charge in [0.05, 0.1) is 5.60 Å². The van der Waals surface area contributed by atoms with E-state index in [9.17, 15) is 9.90 Å². The van der Waals surface area contributed by atoms with Crippen molar-refractivity contribution in [2.75, 3.05) is 18.5 Å². The quantitative estimate of drug-likeness (QED) is 0.623. The van der Waals surface area contributed by atoms with E-state index in [0.717, 1.165) is 11.1 Å². The second-order valence-corrected chi connectivity index (χ2v) is 6.58. The molecule has 0 aromatic heterocycles. The lowest BCUT2D eigenvalue weighted by Crippen LogP contribution is -2.42. The van der Waals surface area contributed by atoms with Crippen LogP contribution in [0.4, 0.5) is 10.5 Å². The SMILES string of the molecule is Cc1cccc(-c2ccc(NC(=O)NCC(C)(O)CCCO)cc2)c1. The Hall–Kier alpha value is -2.37. The molecule has 1 unspecified atom stereocenters. The molecule has 0 saturated carbocycles. The van der Waals surface area contributed by atoms with Gasteiger partial charge in [-0.05, 0) is 49.9 Å². The summed E-state index contributed by atoms with van der Waals surface area (Å²) in [6.45, 7) is 3.84. The summed E-state index contributed by atoms with van der Waals surface area (Å²) in [5.74, 6) is 0. The van der Waals surface area contributed by atoms with Crippen molar-refractivity contribution in [3.63, 3.8) is 0 Å². The highest BCUT2D eigenvalue weighted by Gasteiger charge is 2.20. The van der Waals surface area contributed by atoms with Gasteiger partial charge in [0, 0.05) is 18.8 Å². The number of hydrogen-bond donors (Lipinski definition) is 4. The number of benzene rings is 2. The fraction of sp³-hybridized carbons (Fsp3) is 0.350. The van der Waals surface area contributed by atoms with Crippen LogP contribution in [-0.2, 0) is 0 Å². The van der Waals surface area contributed by atoms with Crippen molar-refractivity contribution in [1.29, 1.82) is 0 Å². The van der Waals surface area contributed by atoms with E-state index in [0.29, 0.717) is 18.5 Å². The third-order valence-electron chi connectivity index (χ3n) is 4.00. The maximum absolute atomic E-state index is 11.9. The smallest absolute Gasteiger partial charge is 0.319 e. The zero-order valence-corrected chi connectivity index (χ0v) is 14.7. The van der Waals surface area contributed by atoms with E-state index in [2.05, 4.69) is 35.8 Å². The minimum Gasteiger partial charge on any atom is -0.396 e. The summed E-state index contributed by atoms with van der Waals surface area (Å²) in [7, 11) is 0. The molecule has 1 atom stereocenters. The van der Waals surface area contributed by atoms with Crippen LogP contribution in [0.2, 0.25) is 0 Å². The number of amides is 2. The van der Waals surface area contributed by atoms with E-state index in [-0.39, 0.29) is 19.2 Å². The Morgan fingerprint density at radius 1 is 1.12 bits per heavy atom. The third kappa shape index (κ3) is 6.21. The Kier molecular flexibility index (Phi) is 6.56. The first kappa shape index (κ1) is 19.0. The number of carbonyl (C=O) groups is 1. The van der Waals surface area contributed by atoms with Crippen LogP contribution in [0.1, 0.15) is 25.3 Å². The number of carbonyl (C=O) groups excluding carboxylic acids is 1. The summed E-state index contributed by atoms with van der Waals surface area (Å²) in [6, 6.07) is 15.5. The Labute approximate surface area is 148 Å². The van der Waals surface area contributed by atoms with E-state index in [1.54, 1.807) is 6.92 Å². The number of aryl methyl sites for hydroxylation is 1. The molecule has 5 heteroatoms. The summed E-state index contributed by atoms with van der Waals surface area (Å²) in [5.41, 5.74) is 3.07. The van der Waals surface area contributed by atoms with Crippen molar-refractivity contribution >= 4 is 11.7 Å². The van der Waals surface area contributed by atoms with E-state index < -0.39 is 5.60 Å². The number of aliphatic hydroxyl groups excluding tert-OH is 1. The average molecular weight is 342 g/mol. The minimum absolute atomic E-state index is 0.0234. The second kappa shape index (κ2) is 8.65. The second-order valence-electron chi connectivity index (χ2n) is 6.58. The van der Waals surface area contributed by atoms with Crippen LogP contribution in [0, 0.1) is 6.92 Å². The summed E-state index contributed by atoms with van der Waals surface area (Å²) in [5, 5.41) is 24.3. The van der Waals surface area contributed by atoms with Gasteiger partial charge in [0.15, 0.2) is 0 Å². The van der Waals surface area contributed by atoms with Crippen LogP contribution < -0.4 is 10.6 Å². The molecule has 0 fully saturated rings. The Balaban J connectivity index is 1.89. The molecule has 0 aliphatic heterocycles. The van der Waals surface area contributed by atoms with Gasteiger partial charge in [-0.1, -0.05) is 42.0 Å². The zero-order chi connectivity index (χ0) is 18.3. The maximum Gasteiger partial charge on any atom is 0.319 e. The first-order valence-electron chi connectivity index (χ1n) is 8.45. The molecule has 0 radical (unpaired) electrons. The fourth-order valence-electron chi connectivity index (χ4n) is 2.56. The molecule has 134 valence electrons. The molecule has 4 N–H and O–H groups in total. The third-order valence-corrected chi connectivity index (χ3v) is 4.00. The Bertz CT molecular complexity index is 696. The normalized spacial score (nSPS) is 13.1. The van der Waals surface area contributed by atoms with Crippen molar-refractivity contribution in [3.05, 3.63) is 54.1 Å². The topological polar surface area (TPSA) is 81.6 Å². The molecule has 0 saturated heterocycles. The molecule has 2 rings (SSSR count). The van der Waals surface area contributed by atoms with Crippen LogP contribution in [0.25, 0.3) is 11.1 Å². The fourth-order valence-corrected chi connectivity index (χ4v) is 2.56. The molecule has 25 heavy (non-hydrogen) atoms. The highest BCUT2D eigenvalue weighted by atomic mass is 16.3. The van der Waals surface area contributed by atoms with Crippen LogP contribution >= 0.6 is 0 Å². The van der Waals surface area contributed by atoms with Gasteiger partial charge in [0.25, 0.3) is 0 Å². The lowest BCUT2D eigenvalue weighted by atomic mass is 10.0. The number of aliphatic hydroxyl groups is 2. The van der Waals surface area contributed by atoms with Gasteiger partial charge in [-0.2, -0.15) is 0 Å². The first-order chi connectivity index (χ1) is 11.9. The maximum atomic E-state index is 11.9. The minimum atomic E-state index is -1.03. The van der Waals surface area contributed by atoms with Crippen molar-refractivity contribution in [2.24, 2.45) is 0 Å². The van der Waals surface area contributed by atoms with E-state index in [1.807, 2.05) is 30.3 Å². The van der Waals surface area contributed by atoms with Gasteiger partial charge in [-0.25, -0.2) is 4.79 Å². The number of rotatable bonds is 7. The largest absolute Gasteiger partial charge is 0.396 e. The van der Waals surface area contributed by atoms with Crippen LogP contribution in [0.15, 0.2) is 48.5 Å². The van der Waals surface area contributed by atoms with Gasteiger partial charge in [0.2, 0.25) is 0 Å². The summed E-state index contributed by atoms with van der Waals surface area (Å²) < 4.78 is 0. The molecule has 5 nitrogen and oxygen atoms in total. The summed E-state index contributed by atoms with van der Waals surface area (Å²) in [6.07, 6.45) is 0.922. The van der Waals surface area contributed by atoms with E-state index >= 15 is 0 Å². The standard InChI is InChI=1S/C20H26N2O3/c1-15-5-3-6-17(13-15)16-7-9-18(10-8-16)22-19(24)21-14-20(2,25)11-4-12-23/h3,5-10,13,23,25H,4,11-12,14H2,1-2H3,(H2,21,22,24). The lowest BCUT2D eigenvalue weighted by Gasteiger charge is -2.23. The van der Waals surface area contributed by atoms with Crippen molar-refractivity contribution in [3.8, 4) is 11.1 Å². The number of hydrogen-bond acceptors (Lipinski definition) is 3. The van der Waals surface area contributed by atoms with Crippen LogP contribution in [0.5, 0.6) is 0 Å². The average Bonchev–Trinajstić information content (AvgIpc) is 2.59. The summed E-state index contributed by atoms with van der Waals surface area (Å²) >= 11 is 0. The molecule has 0 spiro atoms.